The van der Waals surface area contributed by atoms with Crippen LogP contribution in [0.15, 0.2) is 42.5 Å². The summed E-state index contributed by atoms with van der Waals surface area (Å²) in [4.78, 5) is 9.30. The van der Waals surface area contributed by atoms with Crippen molar-refractivity contribution in [3.63, 3.8) is 0 Å². The molecule has 5 aromatic rings. The van der Waals surface area contributed by atoms with E-state index in [4.69, 9.17) is 10.1 Å². The number of anilines is 1. The van der Waals surface area contributed by atoms with Gasteiger partial charge in [-0.1, -0.05) is 30.3 Å². The van der Waals surface area contributed by atoms with E-state index in [-0.39, 0.29) is 6.54 Å². The minimum atomic E-state index is -2.61. The Hall–Kier alpha value is -3.83. The summed E-state index contributed by atoms with van der Waals surface area (Å²) in [5.41, 5.74) is 7.60. The average Bonchev–Trinajstić information content (AvgIpc) is 3.31. The van der Waals surface area contributed by atoms with E-state index in [0.29, 0.717) is 18.3 Å². The molecule has 0 saturated heterocycles. The van der Waals surface area contributed by atoms with E-state index in [1.807, 2.05) is 56.8 Å². The molecule has 11 heteroatoms. The maximum absolute atomic E-state index is 10.7. The van der Waals surface area contributed by atoms with Crippen molar-refractivity contribution in [3.05, 3.63) is 70.8 Å². The van der Waals surface area contributed by atoms with Gasteiger partial charge in [0, 0.05) is 31.1 Å². The second kappa shape index (κ2) is 9.08. The van der Waals surface area contributed by atoms with Gasteiger partial charge in [-0.25, -0.2) is 18.1 Å². The van der Waals surface area contributed by atoms with Crippen molar-refractivity contribution in [1.82, 2.24) is 34.1 Å². The summed E-state index contributed by atoms with van der Waals surface area (Å²) in [6, 6.07) is 14.0. The van der Waals surface area contributed by atoms with Crippen LogP contribution in [0, 0.1) is 20.8 Å². The van der Waals surface area contributed by atoms with Crippen LogP contribution in [0.4, 0.5) is 5.95 Å². The fraction of sp³-hybridized carbons (Fsp3) is 0.250. The summed E-state index contributed by atoms with van der Waals surface area (Å²) < 4.78 is 27.5. The van der Waals surface area contributed by atoms with Gasteiger partial charge in [0.05, 0.1) is 16.9 Å². The van der Waals surface area contributed by atoms with E-state index in [0.717, 1.165) is 50.2 Å². The summed E-state index contributed by atoms with van der Waals surface area (Å²) in [6.45, 7) is 6.67. The molecule has 0 spiro atoms. The number of benzene rings is 2. The van der Waals surface area contributed by atoms with Gasteiger partial charge >= 0.3 is 0 Å². The molecule has 0 unspecified atom stereocenters. The lowest BCUT2D eigenvalue weighted by Gasteiger charge is -2.09. The number of hydrogen-bond donors (Lipinski definition) is 3. The van der Waals surface area contributed by atoms with Gasteiger partial charge < -0.3 is 5.32 Å². The predicted molar refractivity (Wildman–Crippen MR) is 136 cm³/mol. The fourth-order valence-corrected chi connectivity index (χ4v) is 4.62. The van der Waals surface area contributed by atoms with Crippen molar-refractivity contribution in [2.24, 2.45) is 7.05 Å². The monoisotopic (exact) mass is 490 g/mol. The van der Waals surface area contributed by atoms with Crippen LogP contribution in [-0.4, -0.2) is 37.8 Å². The molecule has 2 N–H and O–H groups in total. The third kappa shape index (κ3) is 4.47. The molecule has 0 bridgehead atoms. The van der Waals surface area contributed by atoms with Gasteiger partial charge in [0.25, 0.3) is 0 Å². The van der Waals surface area contributed by atoms with Crippen LogP contribution in [0.3, 0.4) is 0 Å². The van der Waals surface area contributed by atoms with E-state index in [9.17, 15) is 8.42 Å². The van der Waals surface area contributed by atoms with E-state index in [1.54, 1.807) is 4.52 Å². The van der Waals surface area contributed by atoms with Gasteiger partial charge in [0.15, 0.2) is 5.65 Å². The number of aromatic nitrogens is 6. The van der Waals surface area contributed by atoms with Crippen LogP contribution >= 0.6 is 0 Å². The molecule has 0 atom stereocenters. The first kappa shape index (κ1) is 22.9. The zero-order chi connectivity index (χ0) is 24.7. The Morgan fingerprint density at radius 2 is 1.60 bits per heavy atom. The van der Waals surface area contributed by atoms with Crippen LogP contribution in [0.25, 0.3) is 27.7 Å². The number of aryl methyl sites for hydroxylation is 4. The van der Waals surface area contributed by atoms with Gasteiger partial charge in [0.1, 0.15) is 5.82 Å². The third-order valence-electron chi connectivity index (χ3n) is 5.98. The molecular weight excluding hydrogens is 464 g/mol. The van der Waals surface area contributed by atoms with Gasteiger partial charge in [-0.2, -0.15) is 19.7 Å². The molecule has 0 aliphatic rings. The molecule has 5 rings (SSSR count). The molecule has 2 aromatic carbocycles. The molecule has 0 radical (unpaired) electrons. The molecule has 3 heterocycles. The van der Waals surface area contributed by atoms with Gasteiger partial charge in [0.2, 0.25) is 16.8 Å². The average molecular weight is 491 g/mol. The van der Waals surface area contributed by atoms with Crippen LogP contribution in [0.2, 0.25) is 0 Å². The number of fused-ring (bicyclic) bond motifs is 2. The molecule has 3 aromatic heterocycles. The Labute approximate surface area is 204 Å². The van der Waals surface area contributed by atoms with Crippen molar-refractivity contribution in [1.29, 1.82) is 0 Å². The molecule has 10 nitrogen and oxygen atoms in total. The highest BCUT2D eigenvalue weighted by Gasteiger charge is 2.18. The topological polar surface area (TPSA) is 119 Å². The first-order valence-corrected chi connectivity index (χ1v) is 12.3. The lowest BCUT2D eigenvalue weighted by molar-refractivity contribution is 0.601. The molecule has 35 heavy (non-hydrogen) atoms. The number of nitrogens with zero attached hydrogens (tertiary/aromatic N) is 6. The zero-order valence-electron chi connectivity index (χ0n) is 19.9. The molecule has 180 valence electrons. The Kier molecular flexibility index (Phi) is 5.95. The fourth-order valence-electron chi connectivity index (χ4n) is 4.31. The lowest BCUT2D eigenvalue weighted by Crippen LogP contribution is -2.11. The number of thiol groups is 1. The number of rotatable bonds is 7. The van der Waals surface area contributed by atoms with E-state index in [1.165, 1.54) is 0 Å². The van der Waals surface area contributed by atoms with Crippen molar-refractivity contribution < 1.29 is 8.42 Å². The number of hydrogen-bond acceptors (Lipinski definition) is 7. The third-order valence-corrected chi connectivity index (χ3v) is 6.40. The molecule has 0 fully saturated rings. The molecule has 0 saturated carbocycles. The van der Waals surface area contributed by atoms with E-state index in [2.05, 4.69) is 38.3 Å². The first-order chi connectivity index (χ1) is 16.8. The van der Waals surface area contributed by atoms with E-state index >= 15 is 0 Å². The number of nitrogens with one attached hydrogen (secondary N) is 2. The Morgan fingerprint density at radius 1 is 0.886 bits per heavy atom. The maximum Gasteiger partial charge on any atom is 0.227 e. The first-order valence-electron chi connectivity index (χ1n) is 11.2. The largest absolute Gasteiger partial charge is 0.350 e. The quantitative estimate of drug-likeness (QED) is 0.300. The Balaban J connectivity index is 1.46. The highest BCUT2D eigenvalue weighted by molar-refractivity contribution is 7.70. The smallest absolute Gasteiger partial charge is 0.227 e. The van der Waals surface area contributed by atoms with Crippen LogP contribution < -0.4 is 10.0 Å². The highest BCUT2D eigenvalue weighted by Crippen LogP contribution is 2.31. The van der Waals surface area contributed by atoms with Crippen molar-refractivity contribution in [2.75, 3.05) is 5.32 Å². The van der Waals surface area contributed by atoms with Crippen molar-refractivity contribution >= 4 is 33.4 Å². The standard InChI is InChI=1S/C24H26N8O2S/c1-14-20-11-19(9-10-21(20)31(4)29-14)22-15(2)30-32-23(22)27-16(3)28-24(32)25-12-17-5-7-18(8-6-17)13-26-35(33)34/h5-11,35H,12-13H2,1-4H3,(H,25,27,28)(H,26,33,34). The van der Waals surface area contributed by atoms with Crippen LogP contribution in [0.5, 0.6) is 0 Å². The SMILES string of the molecule is Cc1nc(NCc2ccc(CN[SH](=O)=O)cc2)n2nc(C)c(-c3ccc4c(c3)c(C)nn4C)c2n1. The second-order valence-electron chi connectivity index (χ2n) is 8.49. The molecule has 0 amide bonds. The Morgan fingerprint density at radius 3 is 2.31 bits per heavy atom. The zero-order valence-corrected chi connectivity index (χ0v) is 20.8. The lowest BCUT2D eigenvalue weighted by atomic mass is 10.0. The van der Waals surface area contributed by atoms with Crippen molar-refractivity contribution in [2.45, 2.75) is 33.9 Å². The maximum atomic E-state index is 10.7. The summed E-state index contributed by atoms with van der Waals surface area (Å²) in [6.07, 6.45) is 0. The van der Waals surface area contributed by atoms with Gasteiger partial charge in [-0.05, 0) is 49.6 Å². The summed E-state index contributed by atoms with van der Waals surface area (Å²) in [5, 5.41) is 13.8. The van der Waals surface area contributed by atoms with Gasteiger partial charge in [-0.15, -0.1) is 0 Å². The second-order valence-corrected chi connectivity index (χ2v) is 9.32. The van der Waals surface area contributed by atoms with E-state index < -0.39 is 10.9 Å². The summed E-state index contributed by atoms with van der Waals surface area (Å²) in [5.74, 6) is 1.25. The summed E-state index contributed by atoms with van der Waals surface area (Å²) >= 11 is 0. The normalized spacial score (nSPS) is 11.7. The molecule has 0 aliphatic carbocycles. The highest BCUT2D eigenvalue weighted by atomic mass is 32.2. The minimum Gasteiger partial charge on any atom is -0.350 e. The molecule has 0 aliphatic heterocycles. The van der Waals surface area contributed by atoms with Crippen LogP contribution in [0.1, 0.15) is 28.3 Å². The van der Waals surface area contributed by atoms with Crippen LogP contribution in [-0.2, 0) is 31.0 Å². The van der Waals surface area contributed by atoms with Crippen molar-refractivity contribution in [3.8, 4) is 11.1 Å². The summed E-state index contributed by atoms with van der Waals surface area (Å²) in [7, 11) is -0.659. The predicted octanol–water partition coefficient (Wildman–Crippen LogP) is 2.83. The molecular formula is C24H26N8O2S. The van der Waals surface area contributed by atoms with Gasteiger partial charge in [-0.3, -0.25) is 4.68 Å². The Bertz CT molecular complexity index is 1630. The minimum absolute atomic E-state index is 0.276.